The first-order valence-corrected chi connectivity index (χ1v) is 6.54. The fourth-order valence-electron chi connectivity index (χ4n) is 2.36. The number of pyridine rings is 1. The molecular weight excluding hydrogens is 236 g/mol. The van der Waals surface area contributed by atoms with Gasteiger partial charge in [-0.1, -0.05) is 25.1 Å². The molecule has 0 radical (unpaired) electrons. The van der Waals surface area contributed by atoms with Crippen LogP contribution < -0.4 is 0 Å². The van der Waals surface area contributed by atoms with Crippen molar-refractivity contribution >= 4 is 10.9 Å². The summed E-state index contributed by atoms with van der Waals surface area (Å²) in [4.78, 5) is 4.56. The molecule has 0 aliphatic heterocycles. The first-order chi connectivity index (χ1) is 9.29. The Morgan fingerprint density at radius 3 is 2.89 bits per heavy atom. The molecule has 3 aromatic rings. The number of rotatable bonds is 3. The first kappa shape index (κ1) is 11.8. The van der Waals surface area contributed by atoms with Crippen molar-refractivity contribution < 1.29 is 0 Å². The maximum Gasteiger partial charge on any atom is 0.164 e. The van der Waals surface area contributed by atoms with E-state index in [1.54, 1.807) is 6.33 Å². The fourth-order valence-corrected chi connectivity index (χ4v) is 2.36. The molecule has 0 bridgehead atoms. The van der Waals surface area contributed by atoms with E-state index in [4.69, 9.17) is 0 Å². The van der Waals surface area contributed by atoms with Gasteiger partial charge in [0.15, 0.2) is 5.82 Å². The molecule has 0 fully saturated rings. The zero-order valence-corrected chi connectivity index (χ0v) is 11.2. The minimum absolute atomic E-state index is 0.920. The van der Waals surface area contributed by atoms with Crippen LogP contribution in [-0.4, -0.2) is 19.7 Å². The van der Waals surface area contributed by atoms with Crippen LogP contribution in [-0.2, 0) is 6.54 Å². The highest BCUT2D eigenvalue weighted by molar-refractivity contribution is 5.92. The predicted octanol–water partition coefficient (Wildman–Crippen LogP) is 3.21. The SMILES string of the molecule is CCCn1cnnc1-c1cc(C)nc2ccccc12. The number of aryl methyl sites for hydroxylation is 2. The van der Waals surface area contributed by atoms with Crippen molar-refractivity contribution in [1.29, 1.82) is 0 Å². The summed E-state index contributed by atoms with van der Waals surface area (Å²) >= 11 is 0. The molecule has 0 aliphatic rings. The van der Waals surface area contributed by atoms with Crippen LogP contribution in [0, 0.1) is 6.92 Å². The Bertz CT molecular complexity index is 715. The van der Waals surface area contributed by atoms with E-state index in [2.05, 4.69) is 38.8 Å². The smallest absolute Gasteiger partial charge is 0.164 e. The highest BCUT2D eigenvalue weighted by Crippen LogP contribution is 2.27. The molecule has 3 rings (SSSR count). The summed E-state index contributed by atoms with van der Waals surface area (Å²) in [7, 11) is 0. The Hall–Kier alpha value is -2.23. The minimum atomic E-state index is 0.920. The summed E-state index contributed by atoms with van der Waals surface area (Å²) in [6, 6.07) is 10.2. The van der Waals surface area contributed by atoms with Gasteiger partial charge in [-0.25, -0.2) is 0 Å². The molecule has 0 saturated heterocycles. The zero-order chi connectivity index (χ0) is 13.2. The number of fused-ring (bicyclic) bond motifs is 1. The molecule has 0 spiro atoms. The van der Waals surface area contributed by atoms with Gasteiger partial charge in [-0.15, -0.1) is 10.2 Å². The lowest BCUT2D eigenvalue weighted by molar-refractivity contribution is 0.683. The Morgan fingerprint density at radius 1 is 1.21 bits per heavy atom. The van der Waals surface area contributed by atoms with Crippen molar-refractivity contribution in [1.82, 2.24) is 19.7 Å². The third-order valence-corrected chi connectivity index (χ3v) is 3.17. The summed E-state index contributed by atoms with van der Waals surface area (Å²) in [5.74, 6) is 0.920. The quantitative estimate of drug-likeness (QED) is 0.719. The van der Waals surface area contributed by atoms with Crippen LogP contribution in [0.1, 0.15) is 19.0 Å². The molecule has 19 heavy (non-hydrogen) atoms. The van der Waals surface area contributed by atoms with Gasteiger partial charge in [-0.2, -0.15) is 0 Å². The van der Waals surface area contributed by atoms with Crippen LogP contribution in [0.2, 0.25) is 0 Å². The van der Waals surface area contributed by atoms with Crippen LogP contribution in [0.25, 0.3) is 22.3 Å². The molecular formula is C15H16N4. The van der Waals surface area contributed by atoms with Crippen molar-refractivity contribution in [2.45, 2.75) is 26.8 Å². The van der Waals surface area contributed by atoms with Gasteiger partial charge in [0.25, 0.3) is 0 Å². The molecule has 1 aromatic carbocycles. The first-order valence-electron chi connectivity index (χ1n) is 6.54. The summed E-state index contributed by atoms with van der Waals surface area (Å²) in [6.07, 6.45) is 2.86. The standard InChI is InChI=1S/C15H16N4/c1-3-8-19-10-16-18-15(19)13-9-11(2)17-14-7-5-4-6-12(13)14/h4-7,9-10H,3,8H2,1-2H3. The van der Waals surface area contributed by atoms with E-state index in [9.17, 15) is 0 Å². The van der Waals surface area contributed by atoms with Crippen LogP contribution in [0.3, 0.4) is 0 Å². The molecule has 4 nitrogen and oxygen atoms in total. The largest absolute Gasteiger partial charge is 0.314 e. The number of para-hydroxylation sites is 1. The molecule has 0 atom stereocenters. The third kappa shape index (κ3) is 2.10. The van der Waals surface area contributed by atoms with Crippen molar-refractivity contribution in [3.8, 4) is 11.4 Å². The molecule has 96 valence electrons. The normalized spacial score (nSPS) is 11.1. The predicted molar refractivity (Wildman–Crippen MR) is 75.8 cm³/mol. The second-order valence-corrected chi connectivity index (χ2v) is 4.68. The number of benzene rings is 1. The summed E-state index contributed by atoms with van der Waals surface area (Å²) in [5.41, 5.74) is 3.11. The summed E-state index contributed by atoms with van der Waals surface area (Å²) in [6.45, 7) is 5.09. The summed E-state index contributed by atoms with van der Waals surface area (Å²) < 4.78 is 2.10. The zero-order valence-electron chi connectivity index (χ0n) is 11.2. The van der Waals surface area contributed by atoms with Gasteiger partial charge in [0, 0.05) is 23.2 Å². The average Bonchev–Trinajstić information content (AvgIpc) is 2.86. The van der Waals surface area contributed by atoms with Gasteiger partial charge in [0.1, 0.15) is 6.33 Å². The monoisotopic (exact) mass is 252 g/mol. The maximum atomic E-state index is 4.56. The molecule has 2 heterocycles. The topological polar surface area (TPSA) is 43.6 Å². The summed E-state index contributed by atoms with van der Waals surface area (Å²) in [5, 5.41) is 9.45. The molecule has 0 amide bonds. The van der Waals surface area contributed by atoms with Crippen molar-refractivity contribution in [3.05, 3.63) is 42.4 Å². The second-order valence-electron chi connectivity index (χ2n) is 4.68. The Morgan fingerprint density at radius 2 is 2.05 bits per heavy atom. The number of hydrogen-bond donors (Lipinski definition) is 0. The lowest BCUT2D eigenvalue weighted by atomic mass is 10.1. The van der Waals surface area contributed by atoms with E-state index in [0.29, 0.717) is 0 Å². The van der Waals surface area contributed by atoms with Gasteiger partial charge >= 0.3 is 0 Å². The van der Waals surface area contributed by atoms with Crippen molar-refractivity contribution in [2.24, 2.45) is 0 Å². The molecule has 0 unspecified atom stereocenters. The van der Waals surface area contributed by atoms with E-state index in [0.717, 1.165) is 41.0 Å². The van der Waals surface area contributed by atoms with Gasteiger partial charge in [-0.3, -0.25) is 4.98 Å². The van der Waals surface area contributed by atoms with Gasteiger partial charge in [0.05, 0.1) is 5.52 Å². The number of nitrogens with zero attached hydrogens (tertiary/aromatic N) is 4. The van der Waals surface area contributed by atoms with Crippen LogP contribution in [0.4, 0.5) is 0 Å². The third-order valence-electron chi connectivity index (χ3n) is 3.17. The number of aromatic nitrogens is 4. The molecule has 4 heteroatoms. The molecule has 0 N–H and O–H groups in total. The van der Waals surface area contributed by atoms with E-state index in [1.165, 1.54) is 0 Å². The molecule has 0 aliphatic carbocycles. The van der Waals surface area contributed by atoms with Gasteiger partial charge < -0.3 is 4.57 Å². The lowest BCUT2D eigenvalue weighted by Crippen LogP contribution is -1.99. The Labute approximate surface area is 112 Å². The fraction of sp³-hybridized carbons (Fsp3) is 0.267. The Balaban J connectivity index is 2.26. The molecule has 0 saturated carbocycles. The van der Waals surface area contributed by atoms with E-state index in [1.807, 2.05) is 25.1 Å². The second kappa shape index (κ2) is 4.80. The van der Waals surface area contributed by atoms with Crippen molar-refractivity contribution in [3.63, 3.8) is 0 Å². The average molecular weight is 252 g/mol. The van der Waals surface area contributed by atoms with Crippen LogP contribution in [0.5, 0.6) is 0 Å². The number of hydrogen-bond acceptors (Lipinski definition) is 3. The highest BCUT2D eigenvalue weighted by Gasteiger charge is 2.11. The minimum Gasteiger partial charge on any atom is -0.314 e. The van der Waals surface area contributed by atoms with Crippen LogP contribution in [0.15, 0.2) is 36.7 Å². The van der Waals surface area contributed by atoms with E-state index in [-0.39, 0.29) is 0 Å². The maximum absolute atomic E-state index is 4.56. The molecule has 2 aromatic heterocycles. The van der Waals surface area contributed by atoms with E-state index < -0.39 is 0 Å². The lowest BCUT2D eigenvalue weighted by Gasteiger charge is -2.09. The van der Waals surface area contributed by atoms with Crippen LogP contribution >= 0.6 is 0 Å². The Kier molecular flexibility index (Phi) is 2.99. The highest BCUT2D eigenvalue weighted by atomic mass is 15.3. The van der Waals surface area contributed by atoms with E-state index >= 15 is 0 Å². The van der Waals surface area contributed by atoms with Gasteiger partial charge in [-0.05, 0) is 25.5 Å². The van der Waals surface area contributed by atoms with Gasteiger partial charge in [0.2, 0.25) is 0 Å². The van der Waals surface area contributed by atoms with Crippen molar-refractivity contribution in [2.75, 3.05) is 0 Å².